The molecule has 0 atom stereocenters. The Morgan fingerprint density at radius 3 is 2.50 bits per heavy atom. The zero-order valence-corrected chi connectivity index (χ0v) is 15.8. The van der Waals surface area contributed by atoms with Gasteiger partial charge in [0.1, 0.15) is 0 Å². The first kappa shape index (κ1) is 18.5. The van der Waals surface area contributed by atoms with Crippen molar-refractivity contribution in [3.8, 4) is 0 Å². The summed E-state index contributed by atoms with van der Waals surface area (Å²) in [6.45, 7) is 2.28. The fourth-order valence-electron chi connectivity index (χ4n) is 2.81. The fraction of sp³-hybridized carbons (Fsp3) is 0.211. The van der Waals surface area contributed by atoms with E-state index in [2.05, 4.69) is 0 Å². The van der Waals surface area contributed by atoms with Gasteiger partial charge in [-0.1, -0.05) is 41.9 Å². The molecule has 0 spiro atoms. The first-order valence-electron chi connectivity index (χ1n) is 8.11. The number of para-hydroxylation sites is 1. The monoisotopic (exact) mass is 391 g/mol. The van der Waals surface area contributed by atoms with Gasteiger partial charge in [0.05, 0.1) is 11.5 Å². The van der Waals surface area contributed by atoms with Crippen LogP contribution in [-0.2, 0) is 25.9 Å². The number of hydrogen-bond acceptors (Lipinski definition) is 4. The number of nitrogens with zero attached hydrogens (tertiary/aromatic N) is 1. The number of halogens is 1. The van der Waals surface area contributed by atoms with Crippen molar-refractivity contribution >= 4 is 38.3 Å². The molecule has 2 aromatic carbocycles. The zero-order chi connectivity index (χ0) is 18.7. The van der Waals surface area contributed by atoms with Gasteiger partial charge < -0.3 is 9.30 Å². The molecule has 0 aliphatic carbocycles. The van der Waals surface area contributed by atoms with Gasteiger partial charge in [-0.25, -0.2) is 8.42 Å². The van der Waals surface area contributed by atoms with Gasteiger partial charge in [0.2, 0.25) is 0 Å². The number of fused-ring (bicyclic) bond motifs is 1. The SMILES string of the molecule is CCOC(=O)CS(=O)(=O)c1cn(Cc2ccc(Cl)cc2)c2ccccc12. The van der Waals surface area contributed by atoms with Crippen molar-refractivity contribution < 1.29 is 17.9 Å². The molecule has 1 heterocycles. The van der Waals surface area contributed by atoms with Crippen LogP contribution < -0.4 is 0 Å². The lowest BCUT2D eigenvalue weighted by Crippen LogP contribution is -2.18. The number of esters is 1. The maximum atomic E-state index is 12.7. The Labute approximate surface area is 157 Å². The molecule has 7 heteroatoms. The van der Waals surface area contributed by atoms with E-state index in [1.165, 1.54) is 0 Å². The Balaban J connectivity index is 2.02. The van der Waals surface area contributed by atoms with E-state index in [0.29, 0.717) is 17.0 Å². The van der Waals surface area contributed by atoms with Crippen molar-refractivity contribution in [1.29, 1.82) is 0 Å². The Bertz CT molecular complexity index is 1040. The molecule has 0 aliphatic heterocycles. The van der Waals surface area contributed by atoms with Crippen LogP contribution >= 0.6 is 11.6 Å². The van der Waals surface area contributed by atoms with E-state index in [0.717, 1.165) is 11.1 Å². The van der Waals surface area contributed by atoms with Crippen LogP contribution in [0.4, 0.5) is 0 Å². The maximum Gasteiger partial charge on any atom is 0.321 e. The molecule has 1 aromatic heterocycles. The lowest BCUT2D eigenvalue weighted by atomic mass is 10.2. The molecule has 0 saturated heterocycles. The van der Waals surface area contributed by atoms with E-state index in [9.17, 15) is 13.2 Å². The Morgan fingerprint density at radius 2 is 1.81 bits per heavy atom. The Hall–Kier alpha value is -2.31. The molecule has 0 bridgehead atoms. The molecular formula is C19H18ClNO4S. The molecule has 0 saturated carbocycles. The molecule has 3 rings (SSSR count). The fourth-order valence-corrected chi connectivity index (χ4v) is 4.28. The van der Waals surface area contributed by atoms with Crippen molar-refractivity contribution in [3.05, 3.63) is 65.3 Å². The summed E-state index contributed by atoms with van der Waals surface area (Å²) in [5.41, 5.74) is 1.77. The third-order valence-corrected chi connectivity index (χ3v) is 5.83. The van der Waals surface area contributed by atoms with Gasteiger partial charge in [-0.15, -0.1) is 0 Å². The van der Waals surface area contributed by atoms with Gasteiger partial charge >= 0.3 is 5.97 Å². The average molecular weight is 392 g/mol. The second-order valence-electron chi connectivity index (χ2n) is 5.83. The summed E-state index contributed by atoms with van der Waals surface area (Å²) in [5, 5.41) is 1.23. The van der Waals surface area contributed by atoms with Crippen LogP contribution in [0.2, 0.25) is 5.02 Å². The summed E-state index contributed by atoms with van der Waals surface area (Å²) in [4.78, 5) is 11.8. The minimum absolute atomic E-state index is 0.134. The van der Waals surface area contributed by atoms with E-state index >= 15 is 0 Å². The predicted octanol–water partition coefficient (Wildman–Crippen LogP) is 3.68. The van der Waals surface area contributed by atoms with Gasteiger partial charge in [0.25, 0.3) is 0 Å². The maximum absolute atomic E-state index is 12.7. The predicted molar refractivity (Wildman–Crippen MR) is 101 cm³/mol. The highest BCUT2D eigenvalue weighted by molar-refractivity contribution is 7.92. The minimum atomic E-state index is -3.80. The number of rotatable bonds is 6. The topological polar surface area (TPSA) is 65.4 Å². The van der Waals surface area contributed by atoms with E-state index < -0.39 is 21.6 Å². The van der Waals surface area contributed by atoms with E-state index in [1.54, 1.807) is 37.4 Å². The third kappa shape index (κ3) is 3.92. The van der Waals surface area contributed by atoms with Crippen LogP contribution in [0, 0.1) is 0 Å². The van der Waals surface area contributed by atoms with Crippen LogP contribution in [0.1, 0.15) is 12.5 Å². The van der Waals surface area contributed by atoms with Gasteiger partial charge in [-0.3, -0.25) is 4.79 Å². The lowest BCUT2D eigenvalue weighted by molar-refractivity contribution is -0.139. The van der Waals surface area contributed by atoms with Gasteiger partial charge in [-0.05, 0) is 30.7 Å². The van der Waals surface area contributed by atoms with E-state index in [1.807, 2.05) is 28.8 Å². The number of ether oxygens (including phenoxy) is 1. The summed E-state index contributed by atoms with van der Waals surface area (Å²) in [6.07, 6.45) is 1.58. The molecular weight excluding hydrogens is 374 g/mol. The van der Waals surface area contributed by atoms with Gasteiger partial charge in [0, 0.05) is 28.7 Å². The van der Waals surface area contributed by atoms with E-state index in [4.69, 9.17) is 16.3 Å². The smallest absolute Gasteiger partial charge is 0.321 e. The second-order valence-corrected chi connectivity index (χ2v) is 8.22. The minimum Gasteiger partial charge on any atom is -0.465 e. The van der Waals surface area contributed by atoms with Crippen molar-refractivity contribution in [2.75, 3.05) is 12.4 Å². The number of aromatic nitrogens is 1. The summed E-state index contributed by atoms with van der Waals surface area (Å²) >= 11 is 5.92. The van der Waals surface area contributed by atoms with Crippen molar-refractivity contribution in [1.82, 2.24) is 4.57 Å². The first-order chi connectivity index (χ1) is 12.4. The normalized spacial score (nSPS) is 11.6. The first-order valence-corrected chi connectivity index (χ1v) is 10.1. The summed E-state index contributed by atoms with van der Waals surface area (Å²) in [6, 6.07) is 14.6. The molecule has 0 unspecified atom stereocenters. The third-order valence-electron chi connectivity index (χ3n) is 3.97. The molecule has 0 aliphatic rings. The second kappa shape index (κ2) is 7.51. The van der Waals surface area contributed by atoms with Crippen LogP contribution in [0.25, 0.3) is 10.9 Å². The van der Waals surface area contributed by atoms with Crippen LogP contribution in [-0.4, -0.2) is 31.3 Å². The summed E-state index contributed by atoms with van der Waals surface area (Å²) in [7, 11) is -3.80. The molecule has 136 valence electrons. The molecule has 3 aromatic rings. The molecule has 0 amide bonds. The number of carbonyl (C=O) groups excluding carboxylic acids is 1. The zero-order valence-electron chi connectivity index (χ0n) is 14.2. The van der Waals surface area contributed by atoms with Crippen molar-refractivity contribution in [3.63, 3.8) is 0 Å². The van der Waals surface area contributed by atoms with Crippen molar-refractivity contribution in [2.24, 2.45) is 0 Å². The molecule has 5 nitrogen and oxygen atoms in total. The highest BCUT2D eigenvalue weighted by atomic mass is 35.5. The number of carbonyl (C=O) groups is 1. The Morgan fingerprint density at radius 1 is 1.12 bits per heavy atom. The summed E-state index contributed by atoms with van der Waals surface area (Å²) in [5.74, 6) is -1.42. The van der Waals surface area contributed by atoms with Gasteiger partial charge in [-0.2, -0.15) is 0 Å². The van der Waals surface area contributed by atoms with E-state index in [-0.39, 0.29) is 11.5 Å². The lowest BCUT2D eigenvalue weighted by Gasteiger charge is -2.05. The quantitative estimate of drug-likeness (QED) is 0.601. The highest BCUT2D eigenvalue weighted by Gasteiger charge is 2.25. The van der Waals surface area contributed by atoms with Gasteiger partial charge in [0.15, 0.2) is 15.6 Å². The number of benzene rings is 2. The number of hydrogen-bond donors (Lipinski definition) is 0. The Kier molecular flexibility index (Phi) is 5.34. The molecule has 0 fully saturated rings. The summed E-state index contributed by atoms with van der Waals surface area (Å²) < 4.78 is 32.1. The standard InChI is InChI=1S/C19H18ClNO4S/c1-2-25-19(22)13-26(23,24)18-12-21(17-6-4-3-5-16(17)18)11-14-7-9-15(20)10-8-14/h3-10,12H,2,11,13H2,1H3. The van der Waals surface area contributed by atoms with Crippen molar-refractivity contribution in [2.45, 2.75) is 18.4 Å². The molecule has 26 heavy (non-hydrogen) atoms. The molecule has 0 radical (unpaired) electrons. The van der Waals surface area contributed by atoms with Crippen LogP contribution in [0.3, 0.4) is 0 Å². The van der Waals surface area contributed by atoms with Crippen LogP contribution in [0.5, 0.6) is 0 Å². The largest absolute Gasteiger partial charge is 0.465 e. The number of sulfone groups is 1. The average Bonchev–Trinajstić information content (AvgIpc) is 2.96. The molecule has 0 N–H and O–H groups in total. The highest BCUT2D eigenvalue weighted by Crippen LogP contribution is 2.27. The van der Waals surface area contributed by atoms with Crippen LogP contribution in [0.15, 0.2) is 59.6 Å².